The number of halogens is 2. The fourth-order valence-corrected chi connectivity index (χ4v) is 5.27. The molecule has 0 aliphatic heterocycles. The summed E-state index contributed by atoms with van der Waals surface area (Å²) in [5, 5.41) is 18.6. The van der Waals surface area contributed by atoms with Crippen molar-refractivity contribution in [2.24, 2.45) is 10.1 Å². The van der Waals surface area contributed by atoms with E-state index in [-0.39, 0.29) is 5.75 Å². The van der Waals surface area contributed by atoms with E-state index in [1.54, 1.807) is 42.1 Å². The Bertz CT molecular complexity index is 1180. The number of aromatic nitrogens is 2. The predicted molar refractivity (Wildman–Crippen MR) is 122 cm³/mol. The van der Waals surface area contributed by atoms with Gasteiger partial charge in [0.15, 0.2) is 0 Å². The van der Waals surface area contributed by atoms with Crippen LogP contribution in [0, 0.1) is 0 Å². The van der Waals surface area contributed by atoms with Gasteiger partial charge in [0, 0.05) is 11.6 Å². The van der Waals surface area contributed by atoms with E-state index < -0.39 is 0 Å². The van der Waals surface area contributed by atoms with E-state index in [0.717, 1.165) is 26.6 Å². The van der Waals surface area contributed by atoms with Gasteiger partial charge in [-0.05, 0) is 73.1 Å². The zero-order valence-corrected chi connectivity index (χ0v) is 19.0. The van der Waals surface area contributed by atoms with Crippen molar-refractivity contribution in [2.45, 2.75) is 0 Å². The molecule has 140 valence electrons. The van der Waals surface area contributed by atoms with Crippen LogP contribution >= 0.6 is 54.5 Å². The number of aromatic hydroxyl groups is 1. The summed E-state index contributed by atoms with van der Waals surface area (Å²) in [6.07, 6.45) is 5.17. The van der Waals surface area contributed by atoms with Crippen molar-refractivity contribution in [1.29, 1.82) is 0 Å². The van der Waals surface area contributed by atoms with E-state index in [2.05, 4.69) is 53.0 Å². The molecule has 0 amide bonds. The fourth-order valence-electron chi connectivity index (χ4n) is 2.40. The molecule has 9 heteroatoms. The molecule has 0 unspecified atom stereocenters. The molecule has 4 aromatic rings. The van der Waals surface area contributed by atoms with Crippen LogP contribution in [0.4, 0.5) is 5.69 Å². The molecule has 3 heterocycles. The second kappa shape index (κ2) is 8.52. The number of nitrogens with zero attached hydrogens (tertiary/aromatic N) is 4. The van der Waals surface area contributed by atoms with Crippen LogP contribution in [0.5, 0.6) is 5.75 Å². The van der Waals surface area contributed by atoms with Gasteiger partial charge in [-0.25, -0.2) is 9.67 Å². The number of thiophene rings is 1. The van der Waals surface area contributed by atoms with Crippen molar-refractivity contribution in [3.05, 3.63) is 78.9 Å². The van der Waals surface area contributed by atoms with Crippen LogP contribution in [0.15, 0.2) is 78.6 Å². The monoisotopic (exact) mass is 534 g/mol. The summed E-state index contributed by atoms with van der Waals surface area (Å²) in [5.41, 5.74) is 2.57. The normalized spacial score (nSPS) is 12.1. The molecular formula is C19H12Br2N4OS2. The Hall–Kier alpha value is -2.07. The molecule has 28 heavy (non-hydrogen) atoms. The van der Waals surface area contributed by atoms with Gasteiger partial charge < -0.3 is 5.11 Å². The van der Waals surface area contributed by atoms with E-state index in [9.17, 15) is 5.11 Å². The lowest BCUT2D eigenvalue weighted by Gasteiger charge is -2.03. The van der Waals surface area contributed by atoms with E-state index in [1.807, 2.05) is 33.6 Å². The summed E-state index contributed by atoms with van der Waals surface area (Å²) >= 11 is 9.86. The maximum atomic E-state index is 9.90. The molecule has 0 fully saturated rings. The molecule has 0 spiro atoms. The van der Waals surface area contributed by atoms with Gasteiger partial charge in [0.05, 0.1) is 37.6 Å². The van der Waals surface area contributed by atoms with Gasteiger partial charge in [0.25, 0.3) is 0 Å². The Morgan fingerprint density at radius 1 is 1.11 bits per heavy atom. The average molecular weight is 536 g/mol. The molecule has 1 N–H and O–H groups in total. The van der Waals surface area contributed by atoms with Crippen molar-refractivity contribution in [3.8, 4) is 16.3 Å². The van der Waals surface area contributed by atoms with Crippen LogP contribution in [0.25, 0.3) is 10.6 Å². The highest BCUT2D eigenvalue weighted by atomic mass is 79.9. The first-order valence-corrected chi connectivity index (χ1v) is 11.4. The summed E-state index contributed by atoms with van der Waals surface area (Å²) in [5.74, 6) is 0.159. The highest BCUT2D eigenvalue weighted by Crippen LogP contribution is 2.33. The average Bonchev–Trinajstić information content (AvgIpc) is 3.35. The molecule has 0 radical (unpaired) electrons. The largest absolute Gasteiger partial charge is 0.506 e. The van der Waals surface area contributed by atoms with Crippen LogP contribution in [0.3, 0.4) is 0 Å². The number of benzene rings is 1. The number of hydrogen-bond donors (Lipinski definition) is 1. The van der Waals surface area contributed by atoms with Gasteiger partial charge in [-0.1, -0.05) is 6.07 Å². The van der Waals surface area contributed by atoms with Gasteiger partial charge in [0.1, 0.15) is 5.75 Å². The fraction of sp³-hybridized carbons (Fsp3) is 0. The number of thiazole rings is 1. The number of rotatable bonds is 4. The molecule has 0 atom stereocenters. The van der Waals surface area contributed by atoms with Crippen LogP contribution in [-0.2, 0) is 0 Å². The van der Waals surface area contributed by atoms with Gasteiger partial charge >= 0.3 is 0 Å². The first kappa shape index (κ1) is 19.3. The first-order valence-electron chi connectivity index (χ1n) is 8.03. The SMILES string of the molecule is Oc1c(Br)cc(C=Nn2c(-c3cccs3)csc2=Nc2cccnc2)cc1Br. The molecule has 4 rings (SSSR count). The van der Waals surface area contributed by atoms with Crippen molar-refractivity contribution in [3.63, 3.8) is 0 Å². The molecule has 0 saturated carbocycles. The quantitative estimate of drug-likeness (QED) is 0.325. The molecule has 0 aliphatic rings. The molecule has 5 nitrogen and oxygen atoms in total. The van der Waals surface area contributed by atoms with Crippen LogP contribution in [-0.4, -0.2) is 21.0 Å². The van der Waals surface area contributed by atoms with Gasteiger partial charge in [-0.3, -0.25) is 4.98 Å². The number of pyridine rings is 1. The van der Waals surface area contributed by atoms with Gasteiger partial charge in [-0.2, -0.15) is 5.10 Å². The van der Waals surface area contributed by atoms with E-state index in [4.69, 9.17) is 0 Å². The molecule has 0 aliphatic carbocycles. The minimum absolute atomic E-state index is 0.159. The standard InChI is InChI=1S/C19H12Br2N4OS2/c20-14-7-12(8-15(21)18(14)26)9-23-25-16(17-4-2-6-27-17)11-28-19(25)24-13-3-1-5-22-10-13/h1-11,26H. The second-order valence-electron chi connectivity index (χ2n) is 5.59. The Balaban J connectivity index is 1.82. The maximum Gasteiger partial charge on any atom is 0.211 e. The predicted octanol–water partition coefficient (Wildman–Crippen LogP) is 6.02. The minimum Gasteiger partial charge on any atom is -0.506 e. The first-order chi connectivity index (χ1) is 13.6. The second-order valence-corrected chi connectivity index (χ2v) is 9.09. The Kier molecular flexibility index (Phi) is 5.86. The van der Waals surface area contributed by atoms with E-state index >= 15 is 0 Å². The molecule has 0 saturated heterocycles. The third-order valence-electron chi connectivity index (χ3n) is 3.69. The summed E-state index contributed by atoms with van der Waals surface area (Å²) in [6, 6.07) is 11.4. The maximum absolute atomic E-state index is 9.90. The van der Waals surface area contributed by atoms with E-state index in [1.165, 1.54) is 11.3 Å². The molecule has 0 bridgehead atoms. The number of phenols is 1. The Morgan fingerprint density at radius 2 is 1.93 bits per heavy atom. The zero-order valence-electron chi connectivity index (χ0n) is 14.2. The third-order valence-corrected chi connectivity index (χ3v) is 6.61. The third kappa shape index (κ3) is 4.17. The minimum atomic E-state index is 0.159. The summed E-state index contributed by atoms with van der Waals surface area (Å²) in [4.78, 5) is 10.7. The smallest absolute Gasteiger partial charge is 0.211 e. The summed E-state index contributed by atoms with van der Waals surface area (Å²) in [6.45, 7) is 0. The topological polar surface area (TPSA) is 62.8 Å². The van der Waals surface area contributed by atoms with Crippen LogP contribution < -0.4 is 4.80 Å². The van der Waals surface area contributed by atoms with Crippen molar-refractivity contribution < 1.29 is 5.11 Å². The lowest BCUT2D eigenvalue weighted by molar-refractivity contribution is 0.468. The van der Waals surface area contributed by atoms with Crippen LogP contribution in [0.2, 0.25) is 0 Å². The van der Waals surface area contributed by atoms with Crippen molar-refractivity contribution >= 4 is 66.4 Å². The number of hydrogen-bond acceptors (Lipinski definition) is 6. The zero-order chi connectivity index (χ0) is 19.5. The molecular weight excluding hydrogens is 524 g/mol. The van der Waals surface area contributed by atoms with Crippen molar-refractivity contribution in [2.75, 3.05) is 0 Å². The van der Waals surface area contributed by atoms with Gasteiger partial charge in [0.2, 0.25) is 4.80 Å². The van der Waals surface area contributed by atoms with E-state index in [0.29, 0.717) is 8.95 Å². The summed E-state index contributed by atoms with van der Waals surface area (Å²) < 4.78 is 3.01. The summed E-state index contributed by atoms with van der Waals surface area (Å²) in [7, 11) is 0. The molecule has 1 aromatic carbocycles. The highest BCUT2D eigenvalue weighted by Gasteiger charge is 2.09. The Morgan fingerprint density at radius 3 is 2.61 bits per heavy atom. The van der Waals surface area contributed by atoms with Crippen molar-refractivity contribution in [1.82, 2.24) is 9.66 Å². The highest BCUT2D eigenvalue weighted by molar-refractivity contribution is 9.11. The lowest BCUT2D eigenvalue weighted by atomic mass is 10.2. The lowest BCUT2D eigenvalue weighted by Crippen LogP contribution is -2.11. The molecule has 3 aromatic heterocycles. The van der Waals surface area contributed by atoms with Gasteiger partial charge in [-0.15, -0.1) is 22.7 Å². The number of phenolic OH excluding ortho intramolecular Hbond substituents is 1. The van der Waals surface area contributed by atoms with Crippen LogP contribution in [0.1, 0.15) is 5.56 Å². The Labute approximate surface area is 185 Å².